The summed E-state index contributed by atoms with van der Waals surface area (Å²) in [5, 5.41) is 0. The molecule has 3 nitrogen and oxygen atoms in total. The molecule has 1 unspecified atom stereocenters. The molecular weight excluding hydrogens is 238 g/mol. The number of pyridine rings is 1. The Bertz CT molecular complexity index is 478. The highest BCUT2D eigenvalue weighted by atomic mass is 16.5. The standard InChI is InChI=1S/C16H21NO2/c1-2-3-8-12-9-14-13(10-17-12)15(16(18)19-14)11-6-4-5-7-11/h9-11,15H,2-8H2,1H3. The quantitative estimate of drug-likeness (QED) is 0.775. The minimum absolute atomic E-state index is 0.0507. The number of unbranched alkanes of at least 4 members (excludes halogenated alkanes) is 1. The molecular formula is C16H21NO2. The molecule has 3 heteroatoms. The van der Waals surface area contributed by atoms with Gasteiger partial charge in [-0.1, -0.05) is 26.2 Å². The monoisotopic (exact) mass is 259 g/mol. The molecule has 1 aliphatic heterocycles. The molecule has 0 N–H and O–H groups in total. The van der Waals surface area contributed by atoms with Crippen LogP contribution in [0.25, 0.3) is 0 Å². The van der Waals surface area contributed by atoms with E-state index in [-0.39, 0.29) is 11.9 Å². The number of aromatic nitrogens is 1. The molecule has 0 saturated heterocycles. The molecule has 0 amide bonds. The summed E-state index contributed by atoms with van der Waals surface area (Å²) in [4.78, 5) is 16.6. The first-order chi connectivity index (χ1) is 9.29. The smallest absolute Gasteiger partial charge is 0.319 e. The van der Waals surface area contributed by atoms with E-state index in [0.717, 1.165) is 49.1 Å². The van der Waals surface area contributed by atoms with Crippen LogP contribution in [0.5, 0.6) is 5.75 Å². The molecule has 0 spiro atoms. The van der Waals surface area contributed by atoms with Crippen LogP contribution in [0.15, 0.2) is 12.3 Å². The lowest BCUT2D eigenvalue weighted by molar-refractivity contribution is -0.135. The SMILES string of the molecule is CCCCc1cc2c(cn1)C(C1CCCC1)C(=O)O2. The molecule has 0 bridgehead atoms. The zero-order chi connectivity index (χ0) is 13.2. The van der Waals surface area contributed by atoms with E-state index in [1.54, 1.807) is 0 Å². The average molecular weight is 259 g/mol. The maximum absolute atomic E-state index is 12.1. The molecule has 19 heavy (non-hydrogen) atoms. The Morgan fingerprint density at radius 3 is 2.89 bits per heavy atom. The van der Waals surface area contributed by atoms with Crippen molar-refractivity contribution in [3.8, 4) is 5.75 Å². The number of carbonyl (C=O) groups is 1. The molecule has 2 heterocycles. The lowest BCUT2D eigenvalue weighted by atomic mass is 9.86. The normalized spacial score (nSPS) is 22.6. The van der Waals surface area contributed by atoms with E-state index in [2.05, 4.69) is 11.9 Å². The summed E-state index contributed by atoms with van der Waals surface area (Å²) in [5.74, 6) is 1.13. The zero-order valence-electron chi connectivity index (χ0n) is 11.5. The van der Waals surface area contributed by atoms with Gasteiger partial charge in [0.05, 0.1) is 5.92 Å². The third-order valence-corrected chi connectivity index (χ3v) is 4.41. The second kappa shape index (κ2) is 5.32. The Labute approximate surface area is 114 Å². The summed E-state index contributed by atoms with van der Waals surface area (Å²) in [6.07, 6.45) is 9.92. The highest BCUT2D eigenvalue weighted by Crippen LogP contribution is 2.45. The Morgan fingerprint density at radius 2 is 2.16 bits per heavy atom. The van der Waals surface area contributed by atoms with Crippen LogP contribution in [0.3, 0.4) is 0 Å². The second-order valence-electron chi connectivity index (χ2n) is 5.76. The minimum Gasteiger partial charge on any atom is -0.426 e. The van der Waals surface area contributed by atoms with Crippen LogP contribution < -0.4 is 4.74 Å². The number of nitrogens with zero attached hydrogens (tertiary/aromatic N) is 1. The molecule has 2 aliphatic rings. The van der Waals surface area contributed by atoms with E-state index in [9.17, 15) is 4.79 Å². The van der Waals surface area contributed by atoms with E-state index in [4.69, 9.17) is 4.74 Å². The largest absolute Gasteiger partial charge is 0.426 e. The van der Waals surface area contributed by atoms with Crippen molar-refractivity contribution in [2.24, 2.45) is 5.92 Å². The summed E-state index contributed by atoms with van der Waals surface area (Å²) in [7, 11) is 0. The molecule has 1 saturated carbocycles. The van der Waals surface area contributed by atoms with Crippen molar-refractivity contribution in [3.63, 3.8) is 0 Å². The van der Waals surface area contributed by atoms with Gasteiger partial charge in [-0.2, -0.15) is 0 Å². The van der Waals surface area contributed by atoms with Crippen LogP contribution in [0.4, 0.5) is 0 Å². The van der Waals surface area contributed by atoms with Gasteiger partial charge in [-0.3, -0.25) is 9.78 Å². The molecule has 1 aromatic rings. The van der Waals surface area contributed by atoms with Gasteiger partial charge in [-0.15, -0.1) is 0 Å². The molecule has 0 aromatic carbocycles. The highest BCUT2D eigenvalue weighted by molar-refractivity contribution is 5.86. The van der Waals surface area contributed by atoms with Crippen LogP contribution in [0, 0.1) is 5.92 Å². The van der Waals surface area contributed by atoms with Gasteiger partial charge < -0.3 is 4.74 Å². The molecule has 1 aliphatic carbocycles. The summed E-state index contributed by atoms with van der Waals surface area (Å²) >= 11 is 0. The van der Waals surface area contributed by atoms with E-state index in [1.807, 2.05) is 12.3 Å². The highest BCUT2D eigenvalue weighted by Gasteiger charge is 2.40. The number of aryl methyl sites for hydroxylation is 1. The minimum atomic E-state index is -0.0589. The Morgan fingerprint density at radius 1 is 1.37 bits per heavy atom. The fraction of sp³-hybridized carbons (Fsp3) is 0.625. The molecule has 1 aromatic heterocycles. The van der Waals surface area contributed by atoms with Crippen LogP contribution in [0.2, 0.25) is 0 Å². The van der Waals surface area contributed by atoms with E-state index in [1.165, 1.54) is 12.8 Å². The third kappa shape index (κ3) is 2.38. The third-order valence-electron chi connectivity index (χ3n) is 4.41. The van der Waals surface area contributed by atoms with Gasteiger partial charge >= 0.3 is 5.97 Å². The summed E-state index contributed by atoms with van der Waals surface area (Å²) in [6.45, 7) is 2.17. The first-order valence-corrected chi connectivity index (χ1v) is 7.50. The maximum atomic E-state index is 12.1. The van der Waals surface area contributed by atoms with Crippen LogP contribution in [-0.2, 0) is 11.2 Å². The van der Waals surface area contributed by atoms with Gasteiger partial charge in [0.1, 0.15) is 5.75 Å². The predicted octanol–water partition coefficient (Wildman–Crippen LogP) is 3.62. The first-order valence-electron chi connectivity index (χ1n) is 7.50. The van der Waals surface area contributed by atoms with Crippen molar-refractivity contribution < 1.29 is 9.53 Å². The van der Waals surface area contributed by atoms with E-state index >= 15 is 0 Å². The lowest BCUT2D eigenvalue weighted by Gasteiger charge is -2.14. The summed E-state index contributed by atoms with van der Waals surface area (Å²) < 4.78 is 5.47. The Hall–Kier alpha value is -1.38. The number of carbonyl (C=O) groups excluding carboxylic acids is 1. The summed E-state index contributed by atoms with van der Waals surface area (Å²) in [5.41, 5.74) is 2.07. The Balaban J connectivity index is 1.83. The van der Waals surface area contributed by atoms with E-state index in [0.29, 0.717) is 5.92 Å². The number of esters is 1. The molecule has 0 radical (unpaired) electrons. The van der Waals surface area contributed by atoms with Crippen LogP contribution >= 0.6 is 0 Å². The van der Waals surface area contributed by atoms with Crippen LogP contribution in [0.1, 0.15) is 62.6 Å². The predicted molar refractivity (Wildman–Crippen MR) is 73.2 cm³/mol. The molecule has 102 valence electrons. The topological polar surface area (TPSA) is 39.2 Å². The number of ether oxygens (including phenoxy) is 1. The van der Waals surface area contributed by atoms with Crippen molar-refractivity contribution in [2.45, 2.75) is 57.8 Å². The second-order valence-corrected chi connectivity index (χ2v) is 5.76. The summed E-state index contributed by atoms with van der Waals surface area (Å²) in [6, 6.07) is 1.97. The first kappa shape index (κ1) is 12.6. The van der Waals surface area contributed by atoms with Crippen molar-refractivity contribution in [2.75, 3.05) is 0 Å². The van der Waals surface area contributed by atoms with Gasteiger partial charge in [0.25, 0.3) is 0 Å². The van der Waals surface area contributed by atoms with Crippen molar-refractivity contribution in [1.82, 2.24) is 4.98 Å². The molecule has 3 rings (SSSR count). The van der Waals surface area contributed by atoms with Gasteiger partial charge in [0.15, 0.2) is 0 Å². The lowest BCUT2D eigenvalue weighted by Crippen LogP contribution is -2.17. The number of hydrogen-bond acceptors (Lipinski definition) is 3. The van der Waals surface area contributed by atoms with Gasteiger partial charge in [-0.25, -0.2) is 0 Å². The fourth-order valence-electron chi connectivity index (χ4n) is 3.34. The van der Waals surface area contributed by atoms with Crippen molar-refractivity contribution in [1.29, 1.82) is 0 Å². The van der Waals surface area contributed by atoms with Gasteiger partial charge in [0.2, 0.25) is 0 Å². The van der Waals surface area contributed by atoms with E-state index < -0.39 is 0 Å². The van der Waals surface area contributed by atoms with Gasteiger partial charge in [0, 0.05) is 23.5 Å². The average Bonchev–Trinajstić information content (AvgIpc) is 3.01. The zero-order valence-corrected chi connectivity index (χ0v) is 11.5. The van der Waals surface area contributed by atoms with Crippen molar-refractivity contribution in [3.05, 3.63) is 23.5 Å². The van der Waals surface area contributed by atoms with Gasteiger partial charge in [-0.05, 0) is 31.6 Å². The number of rotatable bonds is 4. The molecule has 1 atom stereocenters. The van der Waals surface area contributed by atoms with Crippen LogP contribution in [-0.4, -0.2) is 11.0 Å². The molecule has 1 fully saturated rings. The maximum Gasteiger partial charge on any atom is 0.319 e. The number of fused-ring (bicyclic) bond motifs is 1. The fourth-order valence-corrected chi connectivity index (χ4v) is 3.34. The number of hydrogen-bond donors (Lipinski definition) is 0. The Kier molecular flexibility index (Phi) is 3.54. The van der Waals surface area contributed by atoms with Crippen molar-refractivity contribution >= 4 is 5.97 Å².